The van der Waals surface area contributed by atoms with Crippen LogP contribution in [0.3, 0.4) is 0 Å². The summed E-state index contributed by atoms with van der Waals surface area (Å²) in [5.74, 6) is -1.95. The fourth-order valence-corrected chi connectivity index (χ4v) is 3.30. The minimum Gasteiger partial charge on any atom is -0.467 e. The molecule has 3 aromatic heterocycles. The molecule has 3 heterocycles. The normalized spacial score (nSPS) is 12.8. The van der Waals surface area contributed by atoms with Gasteiger partial charge in [0, 0.05) is 5.56 Å². The van der Waals surface area contributed by atoms with Gasteiger partial charge in [0.15, 0.2) is 22.8 Å². The Bertz CT molecular complexity index is 1300. The molecule has 0 aliphatic rings. The number of carbonyl (C=O) groups is 2. The summed E-state index contributed by atoms with van der Waals surface area (Å²) in [6.07, 6.45) is 2.72. The van der Waals surface area contributed by atoms with Gasteiger partial charge in [0.2, 0.25) is 5.95 Å². The predicted octanol–water partition coefficient (Wildman–Crippen LogP) is 1.83. The number of furan rings is 1. The first kappa shape index (κ1) is 20.8. The third-order valence-corrected chi connectivity index (χ3v) is 4.89. The first-order valence-corrected chi connectivity index (χ1v) is 9.31. The summed E-state index contributed by atoms with van der Waals surface area (Å²) in [5.41, 5.74) is 9.34. The summed E-state index contributed by atoms with van der Waals surface area (Å²) >= 11 is 0. The van der Waals surface area contributed by atoms with Gasteiger partial charge in [-0.1, -0.05) is 18.2 Å². The van der Waals surface area contributed by atoms with Crippen molar-refractivity contribution >= 4 is 34.7 Å². The van der Waals surface area contributed by atoms with Crippen LogP contribution in [0.15, 0.2) is 53.3 Å². The monoisotopic (exact) mass is 439 g/mol. The molecule has 1 atom stereocenters. The molecular formula is C20H18FN7O4. The highest BCUT2D eigenvalue weighted by Crippen LogP contribution is 2.33. The van der Waals surface area contributed by atoms with E-state index in [1.165, 1.54) is 55.4 Å². The topological polar surface area (TPSA) is 150 Å². The Hall–Kier alpha value is -4.48. The highest BCUT2D eigenvalue weighted by atomic mass is 19.1. The van der Waals surface area contributed by atoms with E-state index in [4.69, 9.17) is 14.9 Å². The number of amides is 1. The molecule has 0 radical (unpaired) electrons. The molecule has 0 saturated heterocycles. The number of nitrogen functional groups attached to an aromatic ring is 1. The number of hydrogen-bond acceptors (Lipinski definition) is 9. The molecule has 1 amide bonds. The number of esters is 1. The number of ether oxygens (including phenoxy) is 1. The molecule has 12 heteroatoms. The number of benzene rings is 1. The number of hydrogen-bond donors (Lipinski definition) is 3. The van der Waals surface area contributed by atoms with Crippen LogP contribution in [0.5, 0.6) is 0 Å². The molecule has 4 N–H and O–H groups in total. The number of aromatic nitrogens is 4. The number of hydrazine groups is 1. The van der Waals surface area contributed by atoms with E-state index >= 15 is 0 Å². The smallest absolute Gasteiger partial charge is 0.338 e. The van der Waals surface area contributed by atoms with Crippen molar-refractivity contribution in [3.8, 4) is 0 Å². The van der Waals surface area contributed by atoms with Crippen molar-refractivity contribution < 1.29 is 23.1 Å². The van der Waals surface area contributed by atoms with Gasteiger partial charge >= 0.3 is 11.9 Å². The largest absolute Gasteiger partial charge is 0.467 e. The molecule has 11 nitrogen and oxygen atoms in total. The quantitative estimate of drug-likeness (QED) is 0.302. The SMILES string of the molecule is COC(=O)C(C)(c1ccccc1F)n1ncc2c(NNC(=O)c3ccco3)nc(N)nc21. The maximum Gasteiger partial charge on any atom is 0.338 e. The maximum atomic E-state index is 14.7. The summed E-state index contributed by atoms with van der Waals surface area (Å²) in [6.45, 7) is 1.45. The van der Waals surface area contributed by atoms with Crippen LogP contribution in [0.25, 0.3) is 11.0 Å². The van der Waals surface area contributed by atoms with E-state index in [1.807, 2.05) is 0 Å². The van der Waals surface area contributed by atoms with Crippen LogP contribution in [0.4, 0.5) is 16.2 Å². The Balaban J connectivity index is 1.80. The number of methoxy groups -OCH3 is 1. The standard InChI is InChI=1S/C20H18FN7O4/c1-20(18(30)31-2,12-6-3-4-7-13(12)21)28-16-11(10-23-28)15(24-19(22)25-16)26-27-17(29)14-8-5-9-32-14/h3-10H,1-2H3,(H,27,29)(H3,22,24,25,26). The fourth-order valence-electron chi connectivity index (χ4n) is 3.30. The Kier molecular flexibility index (Phi) is 5.18. The van der Waals surface area contributed by atoms with E-state index in [1.54, 1.807) is 12.1 Å². The molecule has 0 spiro atoms. The van der Waals surface area contributed by atoms with Crippen molar-refractivity contribution in [2.24, 2.45) is 0 Å². The lowest BCUT2D eigenvalue weighted by Crippen LogP contribution is -2.42. The number of rotatable bonds is 6. The lowest BCUT2D eigenvalue weighted by atomic mass is 9.91. The van der Waals surface area contributed by atoms with E-state index in [9.17, 15) is 14.0 Å². The van der Waals surface area contributed by atoms with E-state index in [-0.39, 0.29) is 28.7 Å². The Morgan fingerprint density at radius 2 is 2.00 bits per heavy atom. The third-order valence-electron chi connectivity index (χ3n) is 4.89. The van der Waals surface area contributed by atoms with Crippen LogP contribution in [0, 0.1) is 5.82 Å². The van der Waals surface area contributed by atoms with Crippen molar-refractivity contribution in [3.63, 3.8) is 0 Å². The van der Waals surface area contributed by atoms with Crippen molar-refractivity contribution in [2.75, 3.05) is 18.3 Å². The molecule has 0 fully saturated rings. The summed E-state index contributed by atoms with van der Waals surface area (Å²) in [6, 6.07) is 8.81. The number of halogens is 1. The van der Waals surface area contributed by atoms with Gasteiger partial charge in [-0.05, 0) is 25.1 Å². The van der Waals surface area contributed by atoms with Crippen LogP contribution in [-0.4, -0.2) is 38.7 Å². The maximum absolute atomic E-state index is 14.7. The number of nitrogens with two attached hydrogens (primary N) is 1. The van der Waals surface area contributed by atoms with Crippen molar-refractivity contribution in [2.45, 2.75) is 12.5 Å². The number of fused-ring (bicyclic) bond motifs is 1. The molecular weight excluding hydrogens is 421 g/mol. The summed E-state index contributed by atoms with van der Waals surface area (Å²) in [5, 5.41) is 4.56. The van der Waals surface area contributed by atoms with Gasteiger partial charge in [-0.15, -0.1) is 0 Å². The van der Waals surface area contributed by atoms with Gasteiger partial charge in [-0.3, -0.25) is 15.6 Å². The van der Waals surface area contributed by atoms with Crippen LogP contribution >= 0.6 is 0 Å². The number of nitrogens with one attached hydrogen (secondary N) is 2. The Morgan fingerprint density at radius 1 is 1.22 bits per heavy atom. The van der Waals surface area contributed by atoms with Crippen LogP contribution in [-0.2, 0) is 15.1 Å². The molecule has 1 unspecified atom stereocenters. The van der Waals surface area contributed by atoms with Crippen LogP contribution in [0.2, 0.25) is 0 Å². The zero-order valence-corrected chi connectivity index (χ0v) is 17.0. The number of anilines is 2. The first-order valence-electron chi connectivity index (χ1n) is 9.31. The number of carbonyl (C=O) groups excluding carboxylic acids is 2. The molecule has 1 aromatic carbocycles. The van der Waals surface area contributed by atoms with Crippen molar-refractivity contribution in [1.29, 1.82) is 0 Å². The predicted molar refractivity (Wildman–Crippen MR) is 111 cm³/mol. The fraction of sp³-hybridized carbons (Fsp3) is 0.150. The second-order valence-corrected chi connectivity index (χ2v) is 6.82. The molecule has 0 aliphatic heterocycles. The van der Waals surface area contributed by atoms with Crippen molar-refractivity contribution in [1.82, 2.24) is 25.2 Å². The van der Waals surface area contributed by atoms with E-state index in [2.05, 4.69) is 25.9 Å². The first-order chi connectivity index (χ1) is 15.4. The second-order valence-electron chi connectivity index (χ2n) is 6.82. The van der Waals surface area contributed by atoms with Crippen molar-refractivity contribution in [3.05, 3.63) is 66.0 Å². The summed E-state index contributed by atoms with van der Waals surface area (Å²) in [4.78, 5) is 33.2. The van der Waals surface area contributed by atoms with Gasteiger partial charge < -0.3 is 14.9 Å². The molecule has 4 aromatic rings. The molecule has 0 aliphatic carbocycles. The minimum atomic E-state index is -1.71. The molecule has 32 heavy (non-hydrogen) atoms. The Morgan fingerprint density at radius 3 is 2.69 bits per heavy atom. The van der Waals surface area contributed by atoms with Gasteiger partial charge in [0.05, 0.1) is 25.0 Å². The third kappa shape index (κ3) is 3.37. The van der Waals surface area contributed by atoms with E-state index in [0.717, 1.165) is 0 Å². The van der Waals surface area contributed by atoms with Gasteiger partial charge in [0.1, 0.15) is 5.82 Å². The number of nitrogens with zero attached hydrogens (tertiary/aromatic N) is 4. The molecule has 0 bridgehead atoms. The van der Waals surface area contributed by atoms with Gasteiger partial charge in [-0.2, -0.15) is 15.1 Å². The Labute approximate surface area is 180 Å². The summed E-state index contributed by atoms with van der Waals surface area (Å²) < 4.78 is 25.9. The van der Waals surface area contributed by atoms with Crippen LogP contribution < -0.4 is 16.6 Å². The lowest BCUT2D eigenvalue weighted by Gasteiger charge is -2.28. The van der Waals surface area contributed by atoms with Crippen LogP contribution in [0.1, 0.15) is 23.0 Å². The highest BCUT2D eigenvalue weighted by Gasteiger charge is 2.43. The average molecular weight is 439 g/mol. The van der Waals surface area contributed by atoms with E-state index < -0.39 is 23.2 Å². The molecule has 4 rings (SSSR count). The second kappa shape index (κ2) is 7.98. The van der Waals surface area contributed by atoms with E-state index in [0.29, 0.717) is 5.39 Å². The minimum absolute atomic E-state index is 0.0228. The zero-order valence-electron chi connectivity index (χ0n) is 17.0. The highest BCUT2D eigenvalue weighted by molar-refractivity contribution is 5.94. The molecule has 0 saturated carbocycles. The van der Waals surface area contributed by atoms with Gasteiger partial charge in [0.25, 0.3) is 0 Å². The van der Waals surface area contributed by atoms with Gasteiger partial charge in [-0.25, -0.2) is 13.9 Å². The lowest BCUT2D eigenvalue weighted by molar-refractivity contribution is -0.148. The average Bonchev–Trinajstić information content (AvgIpc) is 3.47. The summed E-state index contributed by atoms with van der Waals surface area (Å²) in [7, 11) is 1.19. The molecule has 164 valence electrons. The zero-order chi connectivity index (χ0) is 22.9.